The fourth-order valence-corrected chi connectivity index (χ4v) is 3.44. The first-order valence-corrected chi connectivity index (χ1v) is 7.76. The Hall–Kier alpha value is -1.34. The Bertz CT molecular complexity index is 466. The summed E-state index contributed by atoms with van der Waals surface area (Å²) in [6.45, 7) is 5.00. The van der Waals surface area contributed by atoms with Crippen molar-refractivity contribution in [1.82, 2.24) is 9.55 Å². The largest absolute Gasteiger partial charge is 0.385 e. The van der Waals surface area contributed by atoms with Crippen LogP contribution in [0.5, 0.6) is 0 Å². The van der Waals surface area contributed by atoms with Crippen LogP contribution in [0, 0.1) is 22.7 Å². The maximum atomic E-state index is 10.7. The summed E-state index contributed by atoms with van der Waals surface area (Å²) in [5.74, 6) is 0.727. The molecule has 20 heavy (non-hydrogen) atoms. The molecule has 1 aromatic rings. The average Bonchev–Trinajstić information content (AvgIpc) is 2.96. The van der Waals surface area contributed by atoms with Crippen LogP contribution in [-0.2, 0) is 6.54 Å². The van der Waals surface area contributed by atoms with Crippen molar-refractivity contribution in [3.8, 4) is 6.07 Å². The summed E-state index contributed by atoms with van der Waals surface area (Å²) in [5.41, 5.74) is 0.153. The van der Waals surface area contributed by atoms with Crippen LogP contribution in [0.1, 0.15) is 64.2 Å². The Labute approximate surface area is 121 Å². The van der Waals surface area contributed by atoms with Crippen molar-refractivity contribution in [2.24, 2.45) is 11.3 Å². The number of hydrogen-bond acceptors (Lipinski definition) is 3. The molecule has 1 N–H and O–H groups in total. The van der Waals surface area contributed by atoms with Gasteiger partial charge in [0.25, 0.3) is 0 Å². The predicted octanol–water partition coefficient (Wildman–Crippen LogP) is 3.44. The van der Waals surface area contributed by atoms with Crippen molar-refractivity contribution in [3.05, 3.63) is 18.2 Å². The van der Waals surface area contributed by atoms with Crippen LogP contribution in [0.3, 0.4) is 0 Å². The number of aliphatic hydroxyl groups excluding tert-OH is 1. The van der Waals surface area contributed by atoms with Crippen molar-refractivity contribution < 1.29 is 5.11 Å². The molecule has 0 aliphatic heterocycles. The van der Waals surface area contributed by atoms with E-state index in [2.05, 4.69) is 18.0 Å². The monoisotopic (exact) mass is 275 g/mol. The van der Waals surface area contributed by atoms with E-state index < -0.39 is 11.5 Å². The lowest BCUT2D eigenvalue weighted by atomic mass is 9.67. The van der Waals surface area contributed by atoms with Gasteiger partial charge in [0, 0.05) is 6.54 Å². The van der Waals surface area contributed by atoms with Crippen molar-refractivity contribution in [3.63, 3.8) is 0 Å². The van der Waals surface area contributed by atoms with Gasteiger partial charge in [0.05, 0.1) is 29.7 Å². The molecule has 0 aromatic carbocycles. The average molecular weight is 275 g/mol. The van der Waals surface area contributed by atoms with E-state index >= 15 is 0 Å². The van der Waals surface area contributed by atoms with Gasteiger partial charge in [-0.25, -0.2) is 4.98 Å². The number of imidazole rings is 1. The number of hydrogen-bond donors (Lipinski definition) is 1. The number of aliphatic hydroxyl groups is 1. The van der Waals surface area contributed by atoms with Crippen LogP contribution in [0.2, 0.25) is 0 Å². The fraction of sp³-hybridized carbons (Fsp3) is 0.750. The number of nitriles is 1. The highest BCUT2D eigenvalue weighted by Gasteiger charge is 2.43. The van der Waals surface area contributed by atoms with E-state index in [-0.39, 0.29) is 0 Å². The van der Waals surface area contributed by atoms with Crippen molar-refractivity contribution in [2.45, 2.75) is 65.0 Å². The van der Waals surface area contributed by atoms with Gasteiger partial charge in [-0.1, -0.05) is 19.8 Å². The van der Waals surface area contributed by atoms with Gasteiger partial charge in [0.1, 0.15) is 6.10 Å². The molecule has 1 aliphatic carbocycles. The molecule has 4 heteroatoms. The number of rotatable bonds is 5. The molecule has 0 amide bonds. The first kappa shape index (κ1) is 15.1. The van der Waals surface area contributed by atoms with Crippen LogP contribution in [-0.4, -0.2) is 14.7 Å². The molecule has 1 atom stereocenters. The highest BCUT2D eigenvalue weighted by Crippen LogP contribution is 2.47. The lowest BCUT2D eigenvalue weighted by Gasteiger charge is -2.38. The molecule has 110 valence electrons. The summed E-state index contributed by atoms with van der Waals surface area (Å²) in [6, 6.07) is 2.43. The molecule has 1 heterocycles. The summed E-state index contributed by atoms with van der Waals surface area (Å²) < 4.78 is 1.93. The number of aryl methyl sites for hydroxylation is 1. The summed E-state index contributed by atoms with van der Waals surface area (Å²) in [7, 11) is 0. The van der Waals surface area contributed by atoms with E-state index in [1.54, 1.807) is 12.5 Å². The third kappa shape index (κ3) is 2.73. The SMILES string of the molecule is CCCC1CCC(C#N)(C(O)c2cncn2CC)CC1. The maximum Gasteiger partial charge on any atom is 0.114 e. The molecule has 2 rings (SSSR count). The Balaban J connectivity index is 2.15. The number of aromatic nitrogens is 2. The minimum atomic E-state index is -0.725. The Morgan fingerprint density at radius 3 is 2.75 bits per heavy atom. The third-order valence-electron chi connectivity index (χ3n) is 4.81. The molecule has 0 spiro atoms. The van der Waals surface area contributed by atoms with E-state index in [1.807, 2.05) is 11.5 Å². The van der Waals surface area contributed by atoms with E-state index in [9.17, 15) is 10.4 Å². The van der Waals surface area contributed by atoms with Gasteiger partial charge in [0.15, 0.2) is 0 Å². The van der Waals surface area contributed by atoms with E-state index in [0.717, 1.165) is 43.8 Å². The van der Waals surface area contributed by atoms with E-state index in [4.69, 9.17) is 0 Å². The smallest absolute Gasteiger partial charge is 0.114 e. The Kier molecular flexibility index (Phi) is 4.82. The summed E-state index contributed by atoms with van der Waals surface area (Å²) in [4.78, 5) is 4.11. The predicted molar refractivity (Wildman–Crippen MR) is 77.8 cm³/mol. The van der Waals surface area contributed by atoms with Gasteiger partial charge < -0.3 is 9.67 Å². The highest BCUT2D eigenvalue weighted by molar-refractivity contribution is 5.15. The van der Waals surface area contributed by atoms with E-state index in [0.29, 0.717) is 0 Å². The summed E-state index contributed by atoms with van der Waals surface area (Å²) in [5, 5.41) is 20.4. The standard InChI is InChI=1S/C16H25N3O/c1-3-5-13-6-8-16(11-17,9-7-13)15(20)14-10-18-12-19(14)4-2/h10,12-13,15,20H,3-9H2,1-2H3. The first-order valence-electron chi connectivity index (χ1n) is 7.76. The molecule has 0 saturated heterocycles. The van der Waals surface area contributed by atoms with Gasteiger partial charge in [-0.15, -0.1) is 0 Å². The van der Waals surface area contributed by atoms with Crippen molar-refractivity contribution >= 4 is 0 Å². The highest BCUT2D eigenvalue weighted by atomic mass is 16.3. The molecule has 0 bridgehead atoms. The van der Waals surface area contributed by atoms with Crippen LogP contribution in [0.25, 0.3) is 0 Å². The molecule has 1 aromatic heterocycles. The molecule has 1 saturated carbocycles. The van der Waals surface area contributed by atoms with Gasteiger partial charge in [-0.3, -0.25) is 0 Å². The zero-order valence-electron chi connectivity index (χ0n) is 12.5. The molecule has 1 aliphatic rings. The summed E-state index contributed by atoms with van der Waals surface area (Å²) >= 11 is 0. The second-order valence-corrected chi connectivity index (χ2v) is 6.01. The topological polar surface area (TPSA) is 61.8 Å². The third-order valence-corrected chi connectivity index (χ3v) is 4.81. The quantitative estimate of drug-likeness (QED) is 0.895. The van der Waals surface area contributed by atoms with Crippen LogP contribution in [0.15, 0.2) is 12.5 Å². The van der Waals surface area contributed by atoms with Gasteiger partial charge in [0.2, 0.25) is 0 Å². The Morgan fingerprint density at radius 2 is 2.20 bits per heavy atom. The first-order chi connectivity index (χ1) is 9.66. The molecular weight excluding hydrogens is 250 g/mol. The van der Waals surface area contributed by atoms with Crippen molar-refractivity contribution in [1.29, 1.82) is 5.26 Å². The van der Waals surface area contributed by atoms with Crippen molar-refractivity contribution in [2.75, 3.05) is 0 Å². The number of nitrogens with zero attached hydrogens (tertiary/aromatic N) is 3. The van der Waals surface area contributed by atoms with Gasteiger partial charge in [-0.05, 0) is 38.5 Å². The van der Waals surface area contributed by atoms with Crippen LogP contribution in [0.4, 0.5) is 0 Å². The van der Waals surface area contributed by atoms with Gasteiger partial charge >= 0.3 is 0 Å². The normalized spacial score (nSPS) is 28.0. The second kappa shape index (κ2) is 6.41. The minimum absolute atomic E-state index is 0.628. The maximum absolute atomic E-state index is 10.7. The molecule has 1 fully saturated rings. The minimum Gasteiger partial charge on any atom is -0.385 e. The lowest BCUT2D eigenvalue weighted by molar-refractivity contribution is 0.0184. The molecule has 4 nitrogen and oxygen atoms in total. The summed E-state index contributed by atoms with van der Waals surface area (Å²) in [6.07, 6.45) is 8.85. The Morgan fingerprint density at radius 1 is 1.50 bits per heavy atom. The fourth-order valence-electron chi connectivity index (χ4n) is 3.44. The lowest BCUT2D eigenvalue weighted by Crippen LogP contribution is -2.33. The van der Waals surface area contributed by atoms with Gasteiger partial charge in [-0.2, -0.15) is 5.26 Å². The van der Waals surface area contributed by atoms with Crippen LogP contribution >= 0.6 is 0 Å². The van der Waals surface area contributed by atoms with E-state index in [1.165, 1.54) is 12.8 Å². The van der Waals surface area contributed by atoms with Crippen LogP contribution < -0.4 is 0 Å². The molecule has 1 unspecified atom stereocenters. The zero-order valence-corrected chi connectivity index (χ0v) is 12.5. The molecule has 0 radical (unpaired) electrons. The molecular formula is C16H25N3O. The second-order valence-electron chi connectivity index (χ2n) is 6.01. The zero-order chi connectivity index (χ0) is 14.6.